The van der Waals surface area contributed by atoms with Crippen molar-refractivity contribution in [2.45, 2.75) is 52.4 Å². The van der Waals surface area contributed by atoms with Gasteiger partial charge < -0.3 is 19.9 Å². The highest BCUT2D eigenvalue weighted by Crippen LogP contribution is 2.06. The quantitative estimate of drug-likeness (QED) is 0.632. The molecule has 0 saturated carbocycles. The summed E-state index contributed by atoms with van der Waals surface area (Å²) >= 11 is 0. The molecule has 0 unspecified atom stereocenters. The van der Waals surface area contributed by atoms with Crippen molar-refractivity contribution >= 4 is 18.1 Å². The molecule has 0 bridgehead atoms. The molecular weight excluding hydrogens is 294 g/mol. The molecule has 2 aliphatic rings. The number of amides is 2. The molecule has 6 heteroatoms. The maximum absolute atomic E-state index is 10.7. The molecule has 0 aliphatic carbocycles. The fourth-order valence-electron chi connectivity index (χ4n) is 1.93. The minimum absolute atomic E-state index is 0.292. The third kappa shape index (κ3) is 13.9. The molecule has 2 heterocycles. The van der Waals surface area contributed by atoms with E-state index in [0.717, 1.165) is 51.6 Å². The van der Waals surface area contributed by atoms with Gasteiger partial charge in [0.15, 0.2) is 0 Å². The van der Waals surface area contributed by atoms with Crippen LogP contribution in [0.5, 0.6) is 0 Å². The van der Waals surface area contributed by atoms with Crippen molar-refractivity contribution in [3.8, 4) is 0 Å². The first kappa shape index (κ1) is 23.8. The number of piperidine rings is 1. The molecule has 2 saturated heterocycles. The van der Waals surface area contributed by atoms with Crippen molar-refractivity contribution in [3.63, 3.8) is 0 Å². The number of nitrogens with one attached hydrogen (secondary N) is 1. The Labute approximate surface area is 141 Å². The van der Waals surface area contributed by atoms with Crippen LogP contribution in [0.3, 0.4) is 0 Å². The Morgan fingerprint density at radius 1 is 0.957 bits per heavy atom. The van der Waals surface area contributed by atoms with E-state index >= 15 is 0 Å². The first-order valence-electron chi connectivity index (χ1n) is 8.59. The molecule has 2 amide bonds. The highest BCUT2D eigenvalue weighted by atomic mass is 16.2. The van der Waals surface area contributed by atoms with Gasteiger partial charge >= 0.3 is 0 Å². The summed E-state index contributed by atoms with van der Waals surface area (Å²) in [4.78, 5) is 34.3. The van der Waals surface area contributed by atoms with Crippen LogP contribution in [0.2, 0.25) is 0 Å². The summed E-state index contributed by atoms with van der Waals surface area (Å²) in [6, 6.07) is 0. The van der Waals surface area contributed by atoms with Gasteiger partial charge in [0.05, 0.1) is 0 Å². The molecule has 23 heavy (non-hydrogen) atoms. The van der Waals surface area contributed by atoms with Gasteiger partial charge in [-0.2, -0.15) is 0 Å². The standard InChI is InChI=1S/C6H11NO.C5H9NO.C4H9NO.C2H6/c1-7-5-3-2-4-6(7)8;1-6-4-2-3-5(6)7;1-5-3-2-4-6;1-2/h2-5H2,1H3;2-4H2,1H3;4-5H,2-3H2,1H3;1-2H3. The van der Waals surface area contributed by atoms with Crippen LogP contribution in [-0.4, -0.2) is 68.7 Å². The normalized spacial score (nSPS) is 16.4. The van der Waals surface area contributed by atoms with E-state index in [4.69, 9.17) is 0 Å². The van der Waals surface area contributed by atoms with E-state index in [1.165, 1.54) is 6.42 Å². The van der Waals surface area contributed by atoms with Crippen LogP contribution >= 0.6 is 0 Å². The van der Waals surface area contributed by atoms with Crippen molar-refractivity contribution in [3.05, 3.63) is 0 Å². The van der Waals surface area contributed by atoms with E-state index in [9.17, 15) is 14.4 Å². The molecule has 0 aromatic rings. The Kier molecular flexibility index (Phi) is 17.5. The third-order valence-corrected chi connectivity index (χ3v) is 3.38. The van der Waals surface area contributed by atoms with Gasteiger partial charge in [0.1, 0.15) is 6.29 Å². The van der Waals surface area contributed by atoms with E-state index in [2.05, 4.69) is 5.32 Å². The van der Waals surface area contributed by atoms with Crippen LogP contribution in [0.15, 0.2) is 0 Å². The van der Waals surface area contributed by atoms with Gasteiger partial charge in [-0.3, -0.25) is 9.59 Å². The predicted octanol–water partition coefficient (Wildman–Crippen LogP) is 1.69. The molecule has 0 aromatic carbocycles. The lowest BCUT2D eigenvalue weighted by molar-refractivity contribution is -0.131. The molecule has 0 radical (unpaired) electrons. The van der Waals surface area contributed by atoms with Gasteiger partial charge in [-0.1, -0.05) is 13.8 Å². The highest BCUT2D eigenvalue weighted by Gasteiger charge is 2.14. The molecule has 2 rings (SSSR count). The fraction of sp³-hybridized carbons (Fsp3) is 0.824. The van der Waals surface area contributed by atoms with Crippen LogP contribution < -0.4 is 5.32 Å². The fourth-order valence-corrected chi connectivity index (χ4v) is 1.93. The summed E-state index contributed by atoms with van der Waals surface area (Å²) in [6.45, 7) is 6.71. The lowest BCUT2D eigenvalue weighted by Gasteiger charge is -2.21. The van der Waals surface area contributed by atoms with Crippen LogP contribution in [0.25, 0.3) is 0 Å². The van der Waals surface area contributed by atoms with Crippen molar-refractivity contribution in [2.24, 2.45) is 0 Å². The van der Waals surface area contributed by atoms with Crippen molar-refractivity contribution in [1.29, 1.82) is 0 Å². The van der Waals surface area contributed by atoms with Crippen molar-refractivity contribution < 1.29 is 14.4 Å². The highest BCUT2D eigenvalue weighted by molar-refractivity contribution is 5.77. The predicted molar refractivity (Wildman–Crippen MR) is 94.3 cm³/mol. The van der Waals surface area contributed by atoms with E-state index in [1.807, 2.05) is 35.0 Å². The zero-order chi connectivity index (χ0) is 18.1. The first-order chi connectivity index (χ1) is 11.0. The smallest absolute Gasteiger partial charge is 0.222 e. The Morgan fingerprint density at radius 3 is 1.65 bits per heavy atom. The summed E-state index contributed by atoms with van der Waals surface area (Å²) in [5, 5.41) is 2.84. The number of carbonyl (C=O) groups is 3. The largest absolute Gasteiger partial charge is 0.346 e. The van der Waals surface area contributed by atoms with Gasteiger partial charge in [-0.15, -0.1) is 0 Å². The summed E-state index contributed by atoms with van der Waals surface area (Å²) in [6.07, 6.45) is 6.36. The van der Waals surface area contributed by atoms with Crippen LogP contribution in [0, 0.1) is 0 Å². The first-order valence-corrected chi connectivity index (χ1v) is 8.59. The summed E-state index contributed by atoms with van der Waals surface area (Å²) in [5.74, 6) is 0.594. The molecule has 0 spiro atoms. The lowest BCUT2D eigenvalue weighted by atomic mass is 10.1. The van der Waals surface area contributed by atoms with Gasteiger partial charge in [0.25, 0.3) is 0 Å². The minimum atomic E-state index is 0.292. The van der Waals surface area contributed by atoms with Crippen LogP contribution in [0.1, 0.15) is 52.4 Å². The van der Waals surface area contributed by atoms with E-state index in [1.54, 1.807) is 9.80 Å². The molecule has 1 N–H and O–H groups in total. The number of hydrogen-bond acceptors (Lipinski definition) is 4. The second-order valence-electron chi connectivity index (χ2n) is 5.25. The van der Waals surface area contributed by atoms with Crippen LogP contribution in [0.4, 0.5) is 0 Å². The average Bonchev–Trinajstić information content (AvgIpc) is 2.95. The molecule has 2 aliphatic heterocycles. The Hall–Kier alpha value is -1.43. The van der Waals surface area contributed by atoms with Crippen LogP contribution in [-0.2, 0) is 14.4 Å². The number of aldehydes is 1. The number of nitrogens with zero attached hydrogens (tertiary/aromatic N) is 2. The minimum Gasteiger partial charge on any atom is -0.346 e. The van der Waals surface area contributed by atoms with E-state index < -0.39 is 0 Å². The molecule has 0 aromatic heterocycles. The Balaban J connectivity index is 0. The van der Waals surface area contributed by atoms with E-state index in [0.29, 0.717) is 18.2 Å². The maximum Gasteiger partial charge on any atom is 0.222 e. The van der Waals surface area contributed by atoms with Gasteiger partial charge in [0, 0.05) is 53.0 Å². The third-order valence-electron chi connectivity index (χ3n) is 3.38. The van der Waals surface area contributed by atoms with E-state index in [-0.39, 0.29) is 0 Å². The Bertz CT molecular complexity index is 322. The lowest BCUT2D eigenvalue weighted by Crippen LogP contribution is -2.31. The summed E-state index contributed by atoms with van der Waals surface area (Å²) < 4.78 is 0. The van der Waals surface area contributed by atoms with Crippen molar-refractivity contribution in [2.75, 3.05) is 40.8 Å². The molecule has 0 atom stereocenters. The second-order valence-corrected chi connectivity index (χ2v) is 5.25. The molecule has 2 fully saturated rings. The number of hydrogen-bond donors (Lipinski definition) is 1. The zero-order valence-electron chi connectivity index (χ0n) is 15.6. The molecule has 136 valence electrons. The van der Waals surface area contributed by atoms with Gasteiger partial charge in [-0.05, 0) is 26.3 Å². The maximum atomic E-state index is 10.7. The van der Waals surface area contributed by atoms with Gasteiger partial charge in [0.2, 0.25) is 11.8 Å². The molecular formula is C17H35N3O3. The molecule has 6 nitrogen and oxygen atoms in total. The second kappa shape index (κ2) is 16.9. The number of rotatable bonds is 3. The number of likely N-dealkylation sites (tertiary alicyclic amines) is 2. The monoisotopic (exact) mass is 329 g/mol. The Morgan fingerprint density at radius 2 is 1.43 bits per heavy atom. The average molecular weight is 329 g/mol. The summed E-state index contributed by atoms with van der Waals surface area (Å²) in [5.41, 5.74) is 0. The SMILES string of the molecule is CC.CN1CCCC1=O.CN1CCCCC1=O.CNCCC=O. The van der Waals surface area contributed by atoms with Gasteiger partial charge in [-0.25, -0.2) is 0 Å². The topological polar surface area (TPSA) is 69.7 Å². The van der Waals surface area contributed by atoms with Crippen molar-refractivity contribution in [1.82, 2.24) is 15.1 Å². The summed E-state index contributed by atoms with van der Waals surface area (Å²) in [7, 11) is 5.53. The zero-order valence-corrected chi connectivity index (χ0v) is 15.6. The number of carbonyl (C=O) groups excluding carboxylic acids is 3.